The molecule has 0 radical (unpaired) electrons. The third-order valence-electron chi connectivity index (χ3n) is 4.68. The number of likely N-dealkylation sites (N-methyl/N-ethyl adjacent to an activating group) is 1. The van der Waals surface area contributed by atoms with Crippen molar-refractivity contribution in [3.05, 3.63) is 60.5 Å². The molecule has 4 heteroatoms. The first-order valence-electron chi connectivity index (χ1n) is 8.43. The van der Waals surface area contributed by atoms with Gasteiger partial charge in [0.1, 0.15) is 5.84 Å². The highest BCUT2D eigenvalue weighted by atomic mass is 15.1. The van der Waals surface area contributed by atoms with Gasteiger partial charge in [-0.15, -0.1) is 0 Å². The van der Waals surface area contributed by atoms with Crippen LogP contribution in [0.3, 0.4) is 0 Å². The maximum absolute atomic E-state index is 4.86. The van der Waals surface area contributed by atoms with E-state index in [1.807, 2.05) is 6.20 Å². The van der Waals surface area contributed by atoms with Gasteiger partial charge in [0.15, 0.2) is 0 Å². The molecule has 24 heavy (non-hydrogen) atoms. The maximum atomic E-state index is 4.86. The van der Waals surface area contributed by atoms with E-state index in [1.54, 1.807) is 0 Å². The lowest BCUT2D eigenvalue weighted by atomic mass is 9.80. The number of amidine groups is 1. The minimum atomic E-state index is 0.248. The fraction of sp³-hybridized carbons (Fsp3) is 0.300. The number of allylic oxidation sites excluding steroid dienone is 3. The Morgan fingerprint density at radius 3 is 2.75 bits per heavy atom. The predicted molar refractivity (Wildman–Crippen MR) is 101 cm³/mol. The van der Waals surface area contributed by atoms with Crippen LogP contribution in [0.25, 0.3) is 10.8 Å². The van der Waals surface area contributed by atoms with Crippen molar-refractivity contribution in [1.29, 1.82) is 0 Å². The van der Waals surface area contributed by atoms with Crippen LogP contribution in [0, 0.1) is 5.92 Å². The molecule has 2 heterocycles. The lowest BCUT2D eigenvalue weighted by Gasteiger charge is -2.33. The topological polar surface area (TPSA) is 40.5 Å². The van der Waals surface area contributed by atoms with E-state index in [9.17, 15) is 0 Å². The average Bonchev–Trinajstić information content (AvgIpc) is 2.61. The summed E-state index contributed by atoms with van der Waals surface area (Å²) in [6.45, 7) is 1.74. The number of aliphatic imine (C=N–C) groups is 1. The van der Waals surface area contributed by atoms with E-state index in [2.05, 4.69) is 72.9 Å². The second kappa shape index (κ2) is 6.21. The van der Waals surface area contributed by atoms with Gasteiger partial charge in [-0.25, -0.2) is 0 Å². The van der Waals surface area contributed by atoms with Gasteiger partial charge < -0.3 is 10.2 Å². The predicted octanol–water partition coefficient (Wildman–Crippen LogP) is 3.45. The molecule has 122 valence electrons. The van der Waals surface area contributed by atoms with Crippen LogP contribution in [-0.4, -0.2) is 42.9 Å². The van der Waals surface area contributed by atoms with E-state index >= 15 is 0 Å². The molecular formula is C20H22N4. The molecule has 0 spiro atoms. The minimum absolute atomic E-state index is 0.248. The monoisotopic (exact) mass is 318 g/mol. The number of hydrogen-bond donors (Lipinski definition) is 1. The Kier molecular flexibility index (Phi) is 3.90. The fourth-order valence-corrected chi connectivity index (χ4v) is 3.42. The molecule has 2 atom stereocenters. The average molecular weight is 318 g/mol. The van der Waals surface area contributed by atoms with Gasteiger partial charge in [0.25, 0.3) is 0 Å². The first-order valence-corrected chi connectivity index (χ1v) is 8.43. The summed E-state index contributed by atoms with van der Waals surface area (Å²) in [4.78, 5) is 11.8. The Bertz CT molecular complexity index is 848. The highest BCUT2D eigenvalue weighted by molar-refractivity contribution is 6.09. The molecule has 0 fully saturated rings. The number of aromatic nitrogens is 1. The van der Waals surface area contributed by atoms with E-state index in [-0.39, 0.29) is 11.8 Å². The van der Waals surface area contributed by atoms with Crippen molar-refractivity contribution >= 4 is 22.3 Å². The zero-order chi connectivity index (χ0) is 16.5. The van der Waals surface area contributed by atoms with Crippen molar-refractivity contribution in [2.45, 2.75) is 5.92 Å². The summed E-state index contributed by atoms with van der Waals surface area (Å²) >= 11 is 0. The third kappa shape index (κ3) is 2.63. The first kappa shape index (κ1) is 15.1. The molecular weight excluding hydrogens is 296 g/mol. The summed E-state index contributed by atoms with van der Waals surface area (Å²) in [5.74, 6) is 1.56. The third-order valence-corrected chi connectivity index (χ3v) is 4.68. The van der Waals surface area contributed by atoms with Crippen molar-refractivity contribution in [2.75, 3.05) is 32.5 Å². The minimum Gasteiger partial charge on any atom is -0.342 e. The van der Waals surface area contributed by atoms with Crippen molar-refractivity contribution < 1.29 is 0 Å². The molecule has 1 aromatic heterocycles. The van der Waals surface area contributed by atoms with Crippen LogP contribution in [0.15, 0.2) is 59.8 Å². The molecule has 0 bridgehead atoms. The Balaban J connectivity index is 1.80. The highest BCUT2D eigenvalue weighted by Gasteiger charge is 2.33. The van der Waals surface area contributed by atoms with Gasteiger partial charge in [0.05, 0.1) is 17.9 Å². The molecule has 0 saturated heterocycles. The molecule has 4 nitrogen and oxygen atoms in total. The van der Waals surface area contributed by atoms with Gasteiger partial charge in [-0.2, -0.15) is 0 Å². The fourth-order valence-electron chi connectivity index (χ4n) is 3.42. The van der Waals surface area contributed by atoms with Crippen LogP contribution in [0.2, 0.25) is 0 Å². The second-order valence-electron chi connectivity index (χ2n) is 6.62. The molecule has 2 aromatic rings. The van der Waals surface area contributed by atoms with E-state index < -0.39 is 0 Å². The van der Waals surface area contributed by atoms with Crippen LogP contribution in [0.4, 0.5) is 5.69 Å². The molecule has 1 aliphatic carbocycles. The number of nitrogens with zero attached hydrogens (tertiary/aromatic N) is 3. The van der Waals surface area contributed by atoms with Crippen LogP contribution in [0.1, 0.15) is 11.6 Å². The standard InChI is InChI=1S/C20H22N4/c1-24(2)12-11-21-20-17-10-6-5-9-16(17)18-19(23-20)15-8-4-3-7-14(15)13-22-18/h3-10,13,16-17H,11-12H2,1-2H3,(H,21,23). The van der Waals surface area contributed by atoms with Gasteiger partial charge in [-0.1, -0.05) is 48.6 Å². The Morgan fingerprint density at radius 2 is 1.92 bits per heavy atom. The molecule has 0 amide bonds. The van der Waals surface area contributed by atoms with Gasteiger partial charge in [-0.3, -0.25) is 9.98 Å². The smallest absolute Gasteiger partial charge is 0.109 e. The van der Waals surface area contributed by atoms with Crippen molar-refractivity contribution in [1.82, 2.24) is 9.88 Å². The molecule has 4 rings (SSSR count). The quantitative estimate of drug-likeness (QED) is 0.942. The SMILES string of the molecule is CN(C)CCN=C1Nc2c(ncc3ccccc23)C2C=CC=CC12. The van der Waals surface area contributed by atoms with Gasteiger partial charge in [0, 0.05) is 35.3 Å². The van der Waals surface area contributed by atoms with Crippen LogP contribution < -0.4 is 5.32 Å². The number of benzene rings is 1. The summed E-state index contributed by atoms with van der Waals surface area (Å²) in [6.07, 6.45) is 10.7. The van der Waals surface area contributed by atoms with Crippen molar-refractivity contribution in [3.63, 3.8) is 0 Å². The van der Waals surface area contributed by atoms with Crippen molar-refractivity contribution in [3.8, 4) is 0 Å². The Morgan fingerprint density at radius 1 is 1.12 bits per heavy atom. The molecule has 1 N–H and O–H groups in total. The first-order chi connectivity index (χ1) is 11.7. The summed E-state index contributed by atoms with van der Waals surface area (Å²) in [7, 11) is 4.15. The Hall–Kier alpha value is -2.46. The van der Waals surface area contributed by atoms with Crippen LogP contribution in [0.5, 0.6) is 0 Å². The lowest BCUT2D eigenvalue weighted by molar-refractivity contribution is 0.420. The lowest BCUT2D eigenvalue weighted by Crippen LogP contribution is -2.34. The largest absolute Gasteiger partial charge is 0.342 e. The summed E-state index contributed by atoms with van der Waals surface area (Å²) in [5, 5.41) is 5.97. The summed E-state index contributed by atoms with van der Waals surface area (Å²) in [5.41, 5.74) is 2.23. The zero-order valence-electron chi connectivity index (χ0n) is 14.1. The van der Waals surface area contributed by atoms with Crippen LogP contribution >= 0.6 is 0 Å². The molecule has 2 unspecified atom stereocenters. The number of rotatable bonds is 3. The van der Waals surface area contributed by atoms with Crippen LogP contribution in [-0.2, 0) is 0 Å². The number of nitrogens with one attached hydrogen (secondary N) is 1. The van der Waals surface area contributed by atoms with Crippen molar-refractivity contribution in [2.24, 2.45) is 10.9 Å². The zero-order valence-corrected chi connectivity index (χ0v) is 14.1. The van der Waals surface area contributed by atoms with E-state index in [4.69, 9.17) is 9.98 Å². The normalized spacial score (nSPS) is 23.4. The molecule has 1 aromatic carbocycles. The molecule has 2 aliphatic rings. The number of hydrogen-bond acceptors (Lipinski definition) is 3. The van der Waals surface area contributed by atoms with Gasteiger partial charge in [0.2, 0.25) is 0 Å². The second-order valence-corrected chi connectivity index (χ2v) is 6.62. The maximum Gasteiger partial charge on any atom is 0.109 e. The molecule has 1 aliphatic heterocycles. The van der Waals surface area contributed by atoms with Gasteiger partial charge >= 0.3 is 0 Å². The van der Waals surface area contributed by atoms with E-state index in [0.717, 1.165) is 35.7 Å². The van der Waals surface area contributed by atoms with E-state index in [1.165, 1.54) is 5.39 Å². The Labute approximate surface area is 142 Å². The number of anilines is 1. The van der Waals surface area contributed by atoms with Gasteiger partial charge in [-0.05, 0) is 14.1 Å². The van der Waals surface area contributed by atoms with E-state index in [0.29, 0.717) is 0 Å². The summed E-state index contributed by atoms with van der Waals surface area (Å²) in [6, 6.07) is 8.39. The number of fused-ring (bicyclic) bond motifs is 5. The molecule has 0 saturated carbocycles. The highest BCUT2D eigenvalue weighted by Crippen LogP contribution is 2.41. The summed E-state index contributed by atoms with van der Waals surface area (Å²) < 4.78 is 0. The number of pyridine rings is 1.